The van der Waals surface area contributed by atoms with Gasteiger partial charge in [0.25, 0.3) is 0 Å². The summed E-state index contributed by atoms with van der Waals surface area (Å²) in [5.41, 5.74) is 27.0. The summed E-state index contributed by atoms with van der Waals surface area (Å²) >= 11 is 0. The lowest BCUT2D eigenvalue weighted by molar-refractivity contribution is 1.47. The van der Waals surface area contributed by atoms with Crippen molar-refractivity contribution < 1.29 is 0 Å². The molecule has 0 heterocycles. The summed E-state index contributed by atoms with van der Waals surface area (Å²) in [6.45, 7) is 3.93. The molecule has 0 amide bonds. The summed E-state index contributed by atoms with van der Waals surface area (Å²) in [6.07, 6.45) is 0. The zero-order chi connectivity index (χ0) is 13.7. The molecule has 0 aliphatic carbocycles. The van der Waals surface area contributed by atoms with Gasteiger partial charge in [0, 0.05) is 22.7 Å². The smallest absolute Gasteiger partial charge is 0.0337 e. The van der Waals surface area contributed by atoms with Gasteiger partial charge >= 0.3 is 0 Å². The van der Waals surface area contributed by atoms with Gasteiger partial charge in [0.05, 0.1) is 0 Å². The van der Waals surface area contributed by atoms with Gasteiger partial charge in [-0.2, -0.15) is 0 Å². The highest BCUT2D eigenvalue weighted by Crippen LogP contribution is 2.12. The van der Waals surface area contributed by atoms with Crippen LogP contribution < -0.4 is 22.9 Å². The minimum atomic E-state index is 0. The molecule has 20 heavy (non-hydrogen) atoms. The molecule has 2 rings (SSSR count). The van der Waals surface area contributed by atoms with Gasteiger partial charge in [-0.25, -0.2) is 0 Å². The second-order valence-electron chi connectivity index (χ2n) is 4.35. The first-order chi connectivity index (χ1) is 8.36. The van der Waals surface area contributed by atoms with Crippen molar-refractivity contribution in [2.75, 3.05) is 22.9 Å². The molecule has 0 bridgehead atoms. The molecule has 0 aliphatic rings. The van der Waals surface area contributed by atoms with E-state index < -0.39 is 0 Å². The summed E-state index contributed by atoms with van der Waals surface area (Å²) in [7, 11) is 0. The second-order valence-corrected chi connectivity index (χ2v) is 4.35. The Morgan fingerprint density at radius 2 is 0.700 bits per heavy atom. The molecule has 0 unspecified atom stereocenters. The molecule has 8 N–H and O–H groups in total. The highest BCUT2D eigenvalue weighted by atomic mass is 35.5. The molecule has 0 atom stereocenters. The first kappa shape index (κ1) is 20.5. The SMILES string of the molecule is Cc1cc(N)cc(N)c1.Cc1cc(N)cc(N)c1.Cl.Cl. The summed E-state index contributed by atoms with van der Waals surface area (Å²) in [4.78, 5) is 0. The van der Waals surface area contributed by atoms with Gasteiger partial charge in [-0.05, 0) is 61.4 Å². The van der Waals surface area contributed by atoms with E-state index in [1.165, 1.54) is 0 Å². The normalized spacial score (nSPS) is 8.50. The van der Waals surface area contributed by atoms with Crippen molar-refractivity contribution in [3.63, 3.8) is 0 Å². The third-order valence-electron chi connectivity index (χ3n) is 2.24. The summed E-state index contributed by atoms with van der Waals surface area (Å²) in [5.74, 6) is 0. The molecule has 0 spiro atoms. The standard InChI is InChI=1S/2C7H10N2.2ClH/c2*1-5-2-6(8)4-7(9)3-5;;/h2*2-4H,8-9H2,1H3;2*1H. The number of nitrogen functional groups attached to an aromatic ring is 4. The van der Waals surface area contributed by atoms with Crippen LogP contribution in [0.5, 0.6) is 0 Å². The topological polar surface area (TPSA) is 104 Å². The van der Waals surface area contributed by atoms with Crippen LogP contribution in [0.1, 0.15) is 11.1 Å². The van der Waals surface area contributed by atoms with Gasteiger partial charge in [0.2, 0.25) is 0 Å². The van der Waals surface area contributed by atoms with Gasteiger partial charge in [0.1, 0.15) is 0 Å². The molecule has 0 radical (unpaired) electrons. The van der Waals surface area contributed by atoms with Gasteiger partial charge in [-0.1, -0.05) is 0 Å². The Kier molecular flexibility index (Phi) is 9.42. The van der Waals surface area contributed by atoms with Crippen molar-refractivity contribution in [2.24, 2.45) is 0 Å². The van der Waals surface area contributed by atoms with Crippen molar-refractivity contribution in [3.8, 4) is 0 Å². The van der Waals surface area contributed by atoms with Crippen LogP contribution in [0.15, 0.2) is 36.4 Å². The lowest BCUT2D eigenvalue weighted by Crippen LogP contribution is -1.90. The van der Waals surface area contributed by atoms with Crippen LogP contribution in [0.3, 0.4) is 0 Å². The highest BCUT2D eigenvalue weighted by molar-refractivity contribution is 5.85. The Hall–Kier alpha value is -1.78. The number of benzene rings is 2. The van der Waals surface area contributed by atoms with Gasteiger partial charge in [0.15, 0.2) is 0 Å². The van der Waals surface area contributed by atoms with E-state index >= 15 is 0 Å². The van der Waals surface area contributed by atoms with Crippen LogP contribution in [-0.4, -0.2) is 0 Å². The number of hydrogen-bond donors (Lipinski definition) is 4. The van der Waals surface area contributed by atoms with Crippen molar-refractivity contribution in [1.29, 1.82) is 0 Å². The fraction of sp³-hybridized carbons (Fsp3) is 0.143. The molecule has 6 heteroatoms. The lowest BCUT2D eigenvalue weighted by Gasteiger charge is -1.97. The monoisotopic (exact) mass is 316 g/mol. The van der Waals surface area contributed by atoms with Crippen LogP contribution in [-0.2, 0) is 0 Å². The quantitative estimate of drug-likeness (QED) is 0.560. The molecule has 0 saturated heterocycles. The Morgan fingerprint density at radius 3 is 0.850 bits per heavy atom. The number of anilines is 4. The van der Waals surface area contributed by atoms with Crippen LogP contribution >= 0.6 is 24.8 Å². The van der Waals surface area contributed by atoms with E-state index in [4.69, 9.17) is 22.9 Å². The zero-order valence-corrected chi connectivity index (χ0v) is 13.2. The number of nitrogens with two attached hydrogens (primary N) is 4. The van der Waals surface area contributed by atoms with Gasteiger partial charge in [-0.15, -0.1) is 24.8 Å². The predicted octanol–water partition coefficient (Wildman–Crippen LogP) is 3.16. The Morgan fingerprint density at radius 1 is 0.500 bits per heavy atom. The first-order valence-corrected chi connectivity index (χ1v) is 5.62. The molecule has 0 aromatic heterocycles. The molecule has 4 nitrogen and oxygen atoms in total. The third kappa shape index (κ3) is 7.61. The van der Waals surface area contributed by atoms with Crippen LogP contribution in [0, 0.1) is 13.8 Å². The molecule has 112 valence electrons. The average molecular weight is 317 g/mol. The predicted molar refractivity (Wildman–Crippen MR) is 94.5 cm³/mol. The maximum atomic E-state index is 5.48. The molecule has 2 aromatic rings. The molecule has 0 fully saturated rings. The fourth-order valence-corrected chi connectivity index (χ4v) is 1.69. The largest absolute Gasteiger partial charge is 0.399 e. The Balaban J connectivity index is 0. The molecular formula is C14H22Cl2N4. The van der Waals surface area contributed by atoms with Crippen LogP contribution in [0.25, 0.3) is 0 Å². The summed E-state index contributed by atoms with van der Waals surface area (Å²) in [5, 5.41) is 0. The van der Waals surface area contributed by atoms with Crippen molar-refractivity contribution in [1.82, 2.24) is 0 Å². The number of halogens is 2. The number of aryl methyl sites for hydroxylation is 2. The lowest BCUT2D eigenvalue weighted by atomic mass is 10.2. The summed E-state index contributed by atoms with van der Waals surface area (Å²) < 4.78 is 0. The molecule has 0 aliphatic heterocycles. The first-order valence-electron chi connectivity index (χ1n) is 5.62. The maximum Gasteiger partial charge on any atom is 0.0337 e. The second kappa shape index (κ2) is 9.18. The van der Waals surface area contributed by atoms with Crippen molar-refractivity contribution >= 4 is 47.6 Å². The van der Waals surface area contributed by atoms with Crippen molar-refractivity contribution in [2.45, 2.75) is 13.8 Å². The Labute approximate surface area is 132 Å². The molecular weight excluding hydrogens is 295 g/mol. The molecule has 2 aromatic carbocycles. The van der Waals surface area contributed by atoms with E-state index in [-0.39, 0.29) is 24.8 Å². The summed E-state index contributed by atoms with van der Waals surface area (Å²) in [6, 6.07) is 11.0. The zero-order valence-electron chi connectivity index (χ0n) is 11.6. The van der Waals surface area contributed by atoms with Crippen molar-refractivity contribution in [3.05, 3.63) is 47.5 Å². The van der Waals surface area contributed by atoms with Crippen LogP contribution in [0.2, 0.25) is 0 Å². The fourth-order valence-electron chi connectivity index (χ4n) is 1.69. The Bertz CT molecular complexity index is 394. The number of hydrogen-bond acceptors (Lipinski definition) is 4. The van der Waals surface area contributed by atoms with E-state index in [2.05, 4.69) is 0 Å². The number of rotatable bonds is 0. The van der Waals surface area contributed by atoms with Crippen LogP contribution in [0.4, 0.5) is 22.7 Å². The molecule has 0 saturated carbocycles. The highest BCUT2D eigenvalue weighted by Gasteiger charge is 1.89. The van der Waals surface area contributed by atoms with E-state index in [1.807, 2.05) is 38.1 Å². The van der Waals surface area contributed by atoms with Gasteiger partial charge in [-0.3, -0.25) is 0 Å². The van der Waals surface area contributed by atoms with Gasteiger partial charge < -0.3 is 22.9 Å². The van der Waals surface area contributed by atoms with E-state index in [1.54, 1.807) is 12.1 Å². The van der Waals surface area contributed by atoms with E-state index in [0.29, 0.717) is 0 Å². The average Bonchev–Trinajstić information content (AvgIpc) is 2.12. The van der Waals surface area contributed by atoms with E-state index in [9.17, 15) is 0 Å². The van der Waals surface area contributed by atoms with E-state index in [0.717, 1.165) is 33.9 Å². The third-order valence-corrected chi connectivity index (χ3v) is 2.24. The minimum Gasteiger partial charge on any atom is -0.399 e. The minimum absolute atomic E-state index is 0. The maximum absolute atomic E-state index is 5.48.